The highest BCUT2D eigenvalue weighted by Gasteiger charge is 2.20. The number of aliphatic carboxylic acids is 1. The number of aromatic nitrogens is 3. The molecule has 38 heavy (non-hydrogen) atoms. The summed E-state index contributed by atoms with van der Waals surface area (Å²) < 4.78 is 2.99. The van der Waals surface area contributed by atoms with Gasteiger partial charge in [0, 0.05) is 27.6 Å². The molecular weight excluding hydrogens is 518 g/mol. The zero-order chi connectivity index (χ0) is 27.8. The van der Waals surface area contributed by atoms with Crippen LogP contribution in [0.1, 0.15) is 51.8 Å². The molecule has 0 aliphatic heterocycles. The Balaban J connectivity index is 0.000000617. The Kier molecular flexibility index (Phi) is 7.93. The Labute approximate surface area is 231 Å². The average Bonchev–Trinajstić information content (AvgIpc) is 3.42. The van der Waals surface area contributed by atoms with Gasteiger partial charge >= 0.3 is 5.97 Å². The lowest BCUT2D eigenvalue weighted by Crippen LogP contribution is -2.10. The fraction of sp³-hybridized carbons (Fsp3) is 0.300. The second-order valence-corrected chi connectivity index (χ2v) is 12.1. The highest BCUT2D eigenvalue weighted by Crippen LogP contribution is 2.41. The summed E-state index contributed by atoms with van der Waals surface area (Å²) in [6, 6.07) is 16.1. The van der Waals surface area contributed by atoms with E-state index in [4.69, 9.17) is 21.7 Å². The highest BCUT2D eigenvalue weighted by atomic mass is 35.5. The minimum atomic E-state index is -0.856. The van der Waals surface area contributed by atoms with Crippen molar-refractivity contribution in [3.8, 4) is 21.7 Å². The standard InChI is InChI=1S/C26H22ClN3O2S.C4H10O/c1-14(2)30-22-9-6-17(11-18(22)13-28-30)26-29-21-10-15(3)20(12-23(31)32)24(25(21)33-26)16-4-7-19(27)8-5-16;1-4(2,3)5/h4-11,13-14H,12H2,1-3H3,(H,31,32);5H,1-3H3. The van der Waals surface area contributed by atoms with Crippen LogP contribution in [0, 0.1) is 6.92 Å². The summed E-state index contributed by atoms with van der Waals surface area (Å²) in [5.74, 6) is -0.856. The molecule has 6 nitrogen and oxygen atoms in total. The van der Waals surface area contributed by atoms with Gasteiger partial charge < -0.3 is 10.2 Å². The number of hydrogen-bond acceptors (Lipinski definition) is 5. The molecule has 5 aromatic rings. The van der Waals surface area contributed by atoms with Crippen LogP contribution in [-0.4, -0.2) is 36.5 Å². The van der Waals surface area contributed by atoms with Gasteiger partial charge in [-0.1, -0.05) is 23.7 Å². The lowest BCUT2D eigenvalue weighted by molar-refractivity contribution is -0.136. The van der Waals surface area contributed by atoms with E-state index in [1.165, 1.54) is 0 Å². The summed E-state index contributed by atoms with van der Waals surface area (Å²) in [6.07, 6.45) is 1.84. The molecule has 0 spiro atoms. The van der Waals surface area contributed by atoms with Gasteiger partial charge in [0.25, 0.3) is 0 Å². The van der Waals surface area contributed by atoms with Gasteiger partial charge in [-0.25, -0.2) is 4.98 Å². The van der Waals surface area contributed by atoms with E-state index in [-0.39, 0.29) is 12.5 Å². The Hall–Kier alpha value is -3.26. The van der Waals surface area contributed by atoms with E-state index in [1.807, 2.05) is 48.1 Å². The number of hydrogen-bond donors (Lipinski definition) is 2. The Morgan fingerprint density at radius 2 is 1.71 bits per heavy atom. The summed E-state index contributed by atoms with van der Waals surface area (Å²) in [7, 11) is 0. The predicted molar refractivity (Wildman–Crippen MR) is 157 cm³/mol. The number of carbonyl (C=O) groups is 1. The number of carboxylic acids is 1. The number of fused-ring (bicyclic) bond motifs is 2. The molecule has 0 unspecified atom stereocenters. The molecule has 5 rings (SSSR count). The Bertz CT molecular complexity index is 1610. The van der Waals surface area contributed by atoms with Gasteiger partial charge in [-0.3, -0.25) is 9.48 Å². The Morgan fingerprint density at radius 1 is 1.08 bits per heavy atom. The molecule has 198 valence electrons. The quantitative estimate of drug-likeness (QED) is 0.232. The van der Waals surface area contributed by atoms with Gasteiger partial charge in [0.05, 0.1) is 34.0 Å². The maximum absolute atomic E-state index is 11.7. The SMILES string of the molecule is CC(C)(C)O.Cc1cc2nc(-c3ccc4c(cnn4C(C)C)c3)sc2c(-c2ccc(Cl)cc2)c1CC(=O)O. The lowest BCUT2D eigenvalue weighted by Gasteiger charge is -2.13. The van der Waals surface area contributed by atoms with Crippen molar-refractivity contribution in [2.45, 2.75) is 59.6 Å². The molecule has 0 saturated carbocycles. The average molecular weight is 550 g/mol. The van der Waals surface area contributed by atoms with Gasteiger partial charge in [0.15, 0.2) is 0 Å². The number of aryl methyl sites for hydroxylation is 1. The molecule has 2 aromatic heterocycles. The van der Waals surface area contributed by atoms with E-state index >= 15 is 0 Å². The van der Waals surface area contributed by atoms with Crippen LogP contribution in [0.4, 0.5) is 0 Å². The molecular formula is C30H32ClN3O3S. The number of carboxylic acid groups (broad SMARTS) is 1. The maximum atomic E-state index is 11.7. The van der Waals surface area contributed by atoms with E-state index in [1.54, 1.807) is 32.1 Å². The van der Waals surface area contributed by atoms with Gasteiger partial charge in [0.1, 0.15) is 5.01 Å². The smallest absolute Gasteiger partial charge is 0.307 e. The van der Waals surface area contributed by atoms with Gasteiger partial charge in [-0.15, -0.1) is 11.3 Å². The lowest BCUT2D eigenvalue weighted by atomic mass is 9.93. The molecule has 0 aliphatic carbocycles. The van der Waals surface area contributed by atoms with Crippen LogP contribution in [0.25, 0.3) is 42.8 Å². The molecule has 2 heterocycles. The van der Waals surface area contributed by atoms with Gasteiger partial charge in [-0.2, -0.15) is 5.10 Å². The number of aliphatic hydroxyl groups is 1. The molecule has 8 heteroatoms. The summed E-state index contributed by atoms with van der Waals surface area (Å²) in [5, 5.41) is 25.2. The second-order valence-electron chi connectivity index (χ2n) is 10.6. The molecule has 2 N–H and O–H groups in total. The molecule has 0 amide bonds. The first-order valence-corrected chi connectivity index (χ1v) is 13.6. The van der Waals surface area contributed by atoms with Crippen LogP contribution < -0.4 is 0 Å². The predicted octanol–water partition coefficient (Wildman–Crippen LogP) is 7.93. The topological polar surface area (TPSA) is 88.2 Å². The fourth-order valence-corrected chi connectivity index (χ4v) is 5.52. The van der Waals surface area contributed by atoms with E-state index in [9.17, 15) is 9.90 Å². The van der Waals surface area contributed by atoms with Crippen LogP contribution in [-0.2, 0) is 11.2 Å². The van der Waals surface area contributed by atoms with Crippen LogP contribution in [0.15, 0.2) is 54.7 Å². The van der Waals surface area contributed by atoms with E-state index < -0.39 is 11.6 Å². The van der Waals surface area contributed by atoms with E-state index in [0.717, 1.165) is 53.9 Å². The first kappa shape index (κ1) is 27.8. The number of thiazole rings is 1. The van der Waals surface area contributed by atoms with Crippen molar-refractivity contribution in [3.63, 3.8) is 0 Å². The van der Waals surface area contributed by atoms with Gasteiger partial charge in [0.2, 0.25) is 0 Å². The molecule has 0 saturated heterocycles. The third-order valence-electron chi connectivity index (χ3n) is 5.80. The summed E-state index contributed by atoms with van der Waals surface area (Å²) >= 11 is 7.70. The van der Waals surface area contributed by atoms with Crippen molar-refractivity contribution >= 4 is 50.0 Å². The molecule has 0 aliphatic rings. The second kappa shape index (κ2) is 10.8. The summed E-state index contributed by atoms with van der Waals surface area (Å²) in [6.45, 7) is 11.4. The zero-order valence-electron chi connectivity index (χ0n) is 22.4. The van der Waals surface area contributed by atoms with Crippen LogP contribution >= 0.6 is 22.9 Å². The zero-order valence-corrected chi connectivity index (χ0v) is 24.0. The van der Waals surface area contributed by atoms with Crippen LogP contribution in [0.5, 0.6) is 0 Å². The molecule has 0 atom stereocenters. The third-order valence-corrected chi connectivity index (χ3v) is 7.19. The highest BCUT2D eigenvalue weighted by molar-refractivity contribution is 7.22. The maximum Gasteiger partial charge on any atom is 0.307 e. The van der Waals surface area contributed by atoms with E-state index in [2.05, 4.69) is 37.1 Å². The monoisotopic (exact) mass is 549 g/mol. The summed E-state index contributed by atoms with van der Waals surface area (Å²) in [5.41, 5.74) is 6.06. The fourth-order valence-electron chi connectivity index (χ4n) is 4.26. The molecule has 0 radical (unpaired) electrons. The summed E-state index contributed by atoms with van der Waals surface area (Å²) in [4.78, 5) is 16.6. The van der Waals surface area contributed by atoms with Crippen molar-refractivity contribution in [2.24, 2.45) is 0 Å². The van der Waals surface area contributed by atoms with Crippen LogP contribution in [0.3, 0.4) is 0 Å². The van der Waals surface area contributed by atoms with Crippen molar-refractivity contribution < 1.29 is 15.0 Å². The van der Waals surface area contributed by atoms with Crippen molar-refractivity contribution in [1.82, 2.24) is 14.8 Å². The van der Waals surface area contributed by atoms with E-state index in [0.29, 0.717) is 5.02 Å². The normalized spacial score (nSPS) is 11.7. The number of nitrogens with zero attached hydrogens (tertiary/aromatic N) is 3. The van der Waals surface area contributed by atoms with Crippen molar-refractivity contribution in [2.75, 3.05) is 0 Å². The first-order chi connectivity index (χ1) is 17.8. The van der Waals surface area contributed by atoms with Gasteiger partial charge in [-0.05, 0) is 94.6 Å². The Morgan fingerprint density at radius 3 is 2.32 bits per heavy atom. The number of halogens is 1. The van der Waals surface area contributed by atoms with Crippen LogP contribution in [0.2, 0.25) is 5.02 Å². The van der Waals surface area contributed by atoms with Crippen molar-refractivity contribution in [1.29, 1.82) is 0 Å². The number of benzene rings is 3. The minimum Gasteiger partial charge on any atom is -0.481 e. The molecule has 0 fully saturated rings. The van der Waals surface area contributed by atoms with Crippen molar-refractivity contribution in [3.05, 3.63) is 70.9 Å². The molecule has 0 bridgehead atoms. The largest absolute Gasteiger partial charge is 0.481 e. The third kappa shape index (κ3) is 6.23. The first-order valence-electron chi connectivity index (χ1n) is 12.4. The number of rotatable bonds is 5. The molecule has 3 aromatic carbocycles. The minimum absolute atomic E-state index is 0.0483.